The van der Waals surface area contributed by atoms with E-state index in [1.807, 2.05) is 12.1 Å². The van der Waals surface area contributed by atoms with Gasteiger partial charge in [0.05, 0.1) is 0 Å². The highest BCUT2D eigenvalue weighted by Gasteiger charge is 2.05. The number of hydrogen-bond donors (Lipinski definition) is 1. The second kappa shape index (κ2) is 7.39. The third-order valence-corrected chi connectivity index (χ3v) is 3.42. The number of halogens is 1. The van der Waals surface area contributed by atoms with Crippen molar-refractivity contribution in [3.05, 3.63) is 46.3 Å². The van der Waals surface area contributed by atoms with Gasteiger partial charge in [-0.2, -0.15) is 0 Å². The number of aromatic nitrogens is 2. The Morgan fingerprint density at radius 2 is 1.80 bits per heavy atom. The Morgan fingerprint density at radius 1 is 1.05 bits per heavy atom. The lowest BCUT2D eigenvalue weighted by Gasteiger charge is -2.12. The van der Waals surface area contributed by atoms with Crippen LogP contribution < -0.4 is 5.32 Å². The summed E-state index contributed by atoms with van der Waals surface area (Å²) in [5.41, 5.74) is 2.45. The van der Waals surface area contributed by atoms with E-state index in [2.05, 4.69) is 63.3 Å². The average Bonchev–Trinajstić information content (AvgIpc) is 2.41. The molecule has 1 heterocycles. The second-order valence-electron chi connectivity index (χ2n) is 4.77. The van der Waals surface area contributed by atoms with Crippen LogP contribution in [0.4, 0.5) is 11.5 Å². The summed E-state index contributed by atoms with van der Waals surface area (Å²) in [6.07, 6.45) is 4.14. The Balaban J connectivity index is 2.25. The van der Waals surface area contributed by atoms with Crippen LogP contribution in [-0.4, -0.2) is 9.97 Å². The van der Waals surface area contributed by atoms with Crippen molar-refractivity contribution >= 4 is 27.4 Å². The Hall–Kier alpha value is -1.42. The Kier molecular flexibility index (Phi) is 5.53. The molecule has 0 bridgehead atoms. The van der Waals surface area contributed by atoms with Crippen molar-refractivity contribution in [2.45, 2.75) is 39.5 Å². The molecule has 0 unspecified atom stereocenters. The van der Waals surface area contributed by atoms with E-state index in [0.29, 0.717) is 0 Å². The van der Waals surface area contributed by atoms with Gasteiger partial charge in [0.25, 0.3) is 0 Å². The maximum Gasteiger partial charge on any atom is 0.135 e. The van der Waals surface area contributed by atoms with Gasteiger partial charge in [0.15, 0.2) is 0 Å². The minimum Gasteiger partial charge on any atom is -0.340 e. The summed E-state index contributed by atoms with van der Waals surface area (Å²) in [5.74, 6) is 1.72. The van der Waals surface area contributed by atoms with Crippen LogP contribution in [0.2, 0.25) is 0 Å². The summed E-state index contributed by atoms with van der Waals surface area (Å²) >= 11 is 3.45. The van der Waals surface area contributed by atoms with Gasteiger partial charge >= 0.3 is 0 Å². The third-order valence-electron chi connectivity index (χ3n) is 3.01. The smallest absolute Gasteiger partial charge is 0.135 e. The van der Waals surface area contributed by atoms with Gasteiger partial charge in [0, 0.05) is 18.2 Å². The molecule has 1 N–H and O–H groups in total. The Bertz CT molecular complexity index is 569. The number of hydrogen-bond acceptors (Lipinski definition) is 3. The molecule has 0 spiro atoms. The van der Waals surface area contributed by atoms with E-state index in [9.17, 15) is 0 Å². The fraction of sp³-hybridized carbons (Fsp3) is 0.375. The van der Waals surface area contributed by atoms with Crippen molar-refractivity contribution in [2.24, 2.45) is 0 Å². The fourth-order valence-electron chi connectivity index (χ4n) is 2.13. The lowest BCUT2D eigenvalue weighted by Crippen LogP contribution is -2.02. The standard InChI is InChI=1S/C16H20BrN3/c1-3-7-12-9-5-6-10-13(12)18-16-11-14(17)19-15(20-16)8-4-2/h5-6,9-11H,3-4,7-8H2,1-2H3,(H,18,19,20). The molecule has 2 aromatic rings. The van der Waals surface area contributed by atoms with Crippen LogP contribution in [0.15, 0.2) is 34.9 Å². The molecule has 106 valence electrons. The molecule has 1 aromatic carbocycles. The van der Waals surface area contributed by atoms with Crippen LogP contribution in [-0.2, 0) is 12.8 Å². The SMILES string of the molecule is CCCc1nc(Br)cc(Nc2ccccc2CCC)n1. The number of benzene rings is 1. The van der Waals surface area contributed by atoms with Gasteiger partial charge in [-0.3, -0.25) is 0 Å². The molecule has 0 saturated heterocycles. The zero-order valence-corrected chi connectivity index (χ0v) is 13.6. The highest BCUT2D eigenvalue weighted by Crippen LogP contribution is 2.22. The summed E-state index contributed by atoms with van der Waals surface area (Å²) in [7, 11) is 0. The van der Waals surface area contributed by atoms with Crippen LogP contribution in [0.1, 0.15) is 38.1 Å². The summed E-state index contributed by atoms with van der Waals surface area (Å²) in [6, 6.07) is 10.3. The summed E-state index contributed by atoms with van der Waals surface area (Å²) < 4.78 is 0.825. The Morgan fingerprint density at radius 3 is 2.55 bits per heavy atom. The molecule has 0 amide bonds. The predicted molar refractivity (Wildman–Crippen MR) is 87.4 cm³/mol. The number of aryl methyl sites for hydroxylation is 2. The first kappa shape index (κ1) is 15.0. The molecule has 0 aliphatic carbocycles. The number of nitrogens with one attached hydrogen (secondary N) is 1. The minimum atomic E-state index is 0.825. The second-order valence-corrected chi connectivity index (χ2v) is 5.59. The van der Waals surface area contributed by atoms with Gasteiger partial charge in [-0.25, -0.2) is 9.97 Å². The van der Waals surface area contributed by atoms with Crippen LogP contribution in [0.3, 0.4) is 0 Å². The van der Waals surface area contributed by atoms with Crippen LogP contribution in [0.5, 0.6) is 0 Å². The first-order chi connectivity index (χ1) is 9.72. The monoisotopic (exact) mass is 333 g/mol. The minimum absolute atomic E-state index is 0.825. The van der Waals surface area contributed by atoms with E-state index in [1.165, 1.54) is 5.56 Å². The molecular weight excluding hydrogens is 314 g/mol. The van der Waals surface area contributed by atoms with E-state index < -0.39 is 0 Å². The number of nitrogens with zero attached hydrogens (tertiary/aromatic N) is 2. The van der Waals surface area contributed by atoms with Crippen LogP contribution in [0, 0.1) is 0 Å². The molecule has 3 nitrogen and oxygen atoms in total. The van der Waals surface area contributed by atoms with Gasteiger partial charge in [0.2, 0.25) is 0 Å². The Labute approximate surface area is 129 Å². The summed E-state index contributed by atoms with van der Waals surface area (Å²) in [6.45, 7) is 4.32. The highest BCUT2D eigenvalue weighted by molar-refractivity contribution is 9.10. The van der Waals surface area contributed by atoms with Crippen molar-refractivity contribution in [3.8, 4) is 0 Å². The van der Waals surface area contributed by atoms with E-state index in [1.54, 1.807) is 0 Å². The lowest BCUT2D eigenvalue weighted by atomic mass is 10.1. The van der Waals surface area contributed by atoms with E-state index >= 15 is 0 Å². The van der Waals surface area contributed by atoms with Crippen molar-refractivity contribution in [3.63, 3.8) is 0 Å². The summed E-state index contributed by atoms with van der Waals surface area (Å²) in [4.78, 5) is 8.96. The zero-order chi connectivity index (χ0) is 14.4. The first-order valence-corrected chi connectivity index (χ1v) is 7.90. The van der Waals surface area contributed by atoms with E-state index in [4.69, 9.17) is 0 Å². The molecule has 4 heteroatoms. The van der Waals surface area contributed by atoms with Crippen molar-refractivity contribution < 1.29 is 0 Å². The molecule has 0 atom stereocenters. The molecule has 20 heavy (non-hydrogen) atoms. The molecule has 0 aliphatic rings. The van der Waals surface area contributed by atoms with Gasteiger partial charge in [-0.1, -0.05) is 38.5 Å². The van der Waals surface area contributed by atoms with Gasteiger partial charge in [0.1, 0.15) is 16.2 Å². The van der Waals surface area contributed by atoms with E-state index in [0.717, 1.165) is 47.6 Å². The normalized spacial score (nSPS) is 10.6. The number of para-hydroxylation sites is 1. The van der Waals surface area contributed by atoms with Crippen LogP contribution in [0.25, 0.3) is 0 Å². The highest BCUT2D eigenvalue weighted by atomic mass is 79.9. The van der Waals surface area contributed by atoms with Crippen molar-refractivity contribution in [2.75, 3.05) is 5.32 Å². The summed E-state index contributed by atoms with van der Waals surface area (Å²) in [5, 5.41) is 3.42. The average molecular weight is 334 g/mol. The van der Waals surface area contributed by atoms with E-state index in [-0.39, 0.29) is 0 Å². The van der Waals surface area contributed by atoms with Gasteiger partial charge in [-0.05, 0) is 40.4 Å². The number of rotatable bonds is 6. The number of anilines is 2. The third kappa shape index (κ3) is 4.04. The molecule has 0 saturated carbocycles. The fourth-order valence-corrected chi connectivity index (χ4v) is 2.55. The predicted octanol–water partition coefficient (Wildman–Crippen LogP) is 4.89. The largest absolute Gasteiger partial charge is 0.340 e. The molecule has 2 rings (SSSR count). The molecule has 1 aromatic heterocycles. The first-order valence-electron chi connectivity index (χ1n) is 7.11. The zero-order valence-electron chi connectivity index (χ0n) is 12.0. The quantitative estimate of drug-likeness (QED) is 0.765. The maximum absolute atomic E-state index is 4.57. The van der Waals surface area contributed by atoms with Gasteiger partial charge in [-0.15, -0.1) is 0 Å². The molecule has 0 radical (unpaired) electrons. The molecule has 0 aliphatic heterocycles. The topological polar surface area (TPSA) is 37.8 Å². The van der Waals surface area contributed by atoms with Crippen molar-refractivity contribution in [1.82, 2.24) is 9.97 Å². The lowest BCUT2D eigenvalue weighted by molar-refractivity contribution is 0.831. The van der Waals surface area contributed by atoms with Crippen LogP contribution >= 0.6 is 15.9 Å². The van der Waals surface area contributed by atoms with Crippen molar-refractivity contribution in [1.29, 1.82) is 0 Å². The molecular formula is C16H20BrN3. The molecule has 0 fully saturated rings. The van der Waals surface area contributed by atoms with Gasteiger partial charge < -0.3 is 5.32 Å². The maximum atomic E-state index is 4.57.